The van der Waals surface area contributed by atoms with Gasteiger partial charge in [-0.05, 0) is 0 Å². The molecule has 0 N–H and O–H groups in total. The predicted octanol–water partition coefficient (Wildman–Crippen LogP) is -6.14. The molecule has 0 aromatic heterocycles. The molecule has 0 aliphatic rings. The van der Waals surface area contributed by atoms with Gasteiger partial charge in [-0.3, -0.25) is 0 Å². The van der Waals surface area contributed by atoms with E-state index in [-0.39, 0.29) is 0 Å². The van der Waals surface area contributed by atoms with Crippen molar-refractivity contribution >= 4 is 122 Å². The van der Waals surface area contributed by atoms with Gasteiger partial charge in [-0.25, -0.2) is 0 Å². The van der Waals surface area contributed by atoms with Crippen LogP contribution in [0, 0.1) is 0 Å². The van der Waals surface area contributed by atoms with E-state index in [1.807, 2.05) is 0 Å². The van der Waals surface area contributed by atoms with Crippen molar-refractivity contribution < 1.29 is 0 Å². The molecular formula is CHB17. The van der Waals surface area contributed by atoms with E-state index in [2.05, 4.69) is 0 Å². The maximum absolute atomic E-state index is 5.72. The van der Waals surface area contributed by atoms with E-state index < -0.39 is 50.6 Å². The quantitative estimate of drug-likeness (QED) is 0.356. The summed E-state index contributed by atoms with van der Waals surface area (Å²) in [5.41, 5.74) is -0.593. The average molecular weight is 197 g/mol. The Kier molecular flexibility index (Phi) is 8.92. The molecule has 0 heterocycles. The molecule has 0 nitrogen and oxygen atoms in total. The predicted molar refractivity (Wildman–Crippen MR) is 102 cm³/mol. The summed E-state index contributed by atoms with van der Waals surface area (Å²) in [4.78, 5) is 0. The summed E-state index contributed by atoms with van der Waals surface area (Å²) in [6, 6.07) is 0. The fourth-order valence-corrected chi connectivity index (χ4v) is 2.31. The fourth-order valence-electron chi connectivity index (χ4n) is 2.31. The van der Waals surface area contributed by atoms with Crippen molar-refractivity contribution in [2.24, 2.45) is 0 Å². The molecule has 56 valence electrons. The van der Waals surface area contributed by atoms with Crippen LogP contribution < -0.4 is 0 Å². The average Bonchev–Trinajstić information content (AvgIpc) is 2.13. The van der Waals surface area contributed by atoms with E-state index in [0.717, 1.165) is 0 Å². The fraction of sp³-hybridized carbons (Fsp3) is 1.00. The van der Waals surface area contributed by atoms with Crippen molar-refractivity contribution in [3.8, 4) is 0 Å². The third kappa shape index (κ3) is 5.24. The van der Waals surface area contributed by atoms with Gasteiger partial charge in [-0.2, -0.15) is 0 Å². The lowest BCUT2D eigenvalue weighted by molar-refractivity contribution is 1.81. The van der Waals surface area contributed by atoms with Gasteiger partial charge in [0.15, 0.2) is 0 Å². The number of hydrogen-bond donors (Lipinski definition) is 0. The molecule has 18 heavy (non-hydrogen) atoms. The summed E-state index contributed by atoms with van der Waals surface area (Å²) in [6.45, 7) is -2.08. The Morgan fingerprint density at radius 3 is 0.778 bits per heavy atom. The lowest BCUT2D eigenvalue weighted by atomic mass is 8.58. The summed E-state index contributed by atoms with van der Waals surface area (Å²) >= 11 is 0. The third-order valence-electron chi connectivity index (χ3n) is 3.11. The van der Waals surface area contributed by atoms with Crippen LogP contribution in [0.2, 0.25) is 5.62 Å². The zero-order valence-electron chi connectivity index (χ0n) is 10.4. The second kappa shape index (κ2) is 8.40. The number of rotatable bonds is 7. The Morgan fingerprint density at radius 1 is 0.444 bits per heavy atom. The van der Waals surface area contributed by atoms with Crippen LogP contribution in [0.25, 0.3) is 0 Å². The van der Waals surface area contributed by atoms with E-state index in [9.17, 15) is 0 Å². The largest absolute Gasteiger partial charge is 0.146 e. The Morgan fingerprint density at radius 2 is 0.667 bits per heavy atom. The van der Waals surface area contributed by atoms with Crippen molar-refractivity contribution in [2.45, 2.75) is 5.62 Å². The zero-order chi connectivity index (χ0) is 14.6. The molecule has 0 saturated carbocycles. The smallest absolute Gasteiger partial charge is 0.0295 e. The first-order valence-corrected chi connectivity index (χ1v) is 5.67. The summed E-state index contributed by atoms with van der Waals surface area (Å²) in [5.74, 6) is 0. The first-order chi connectivity index (χ1) is 8.11. The van der Waals surface area contributed by atoms with Crippen molar-refractivity contribution in [3.05, 3.63) is 0 Å². The van der Waals surface area contributed by atoms with Gasteiger partial charge in [-0.1, -0.05) is 0 Å². The highest BCUT2D eigenvalue weighted by Crippen LogP contribution is 2.19. The zero-order valence-corrected chi connectivity index (χ0v) is 10.4. The van der Waals surface area contributed by atoms with E-state index in [0.29, 0.717) is 0 Å². The lowest BCUT2D eigenvalue weighted by Gasteiger charge is -2.42. The summed E-state index contributed by atoms with van der Waals surface area (Å²) in [7, 11) is 56.7. The lowest BCUT2D eigenvalue weighted by Crippen LogP contribution is -2.68. The molecule has 17 heteroatoms. The van der Waals surface area contributed by atoms with E-state index >= 15 is 0 Å². The van der Waals surface area contributed by atoms with Gasteiger partial charge in [0.05, 0.1) is 0 Å². The molecule has 0 aromatic carbocycles. The molecule has 0 saturated heterocycles. The minimum absolute atomic E-state index is 0.593. The summed E-state index contributed by atoms with van der Waals surface area (Å²) in [5, 5.41) is 0. The van der Waals surface area contributed by atoms with Crippen LogP contribution in [0.3, 0.4) is 0 Å². The minimum atomic E-state index is -0.853. The third-order valence-corrected chi connectivity index (χ3v) is 3.11. The van der Waals surface area contributed by atoms with Crippen LogP contribution in [-0.2, 0) is 0 Å². The summed E-state index contributed by atoms with van der Waals surface area (Å²) in [6.07, 6.45) is -3.37. The first-order valence-electron chi connectivity index (χ1n) is 5.67. The second-order valence-electron chi connectivity index (χ2n) is 4.62. The van der Waals surface area contributed by atoms with Crippen molar-refractivity contribution in [1.29, 1.82) is 0 Å². The van der Waals surface area contributed by atoms with Gasteiger partial charge in [0.2, 0.25) is 0 Å². The molecule has 0 rings (SSSR count). The Labute approximate surface area is 128 Å². The SMILES string of the molecule is [B]B([B])B(B([B])[B])C(B([B])[B])B(B([B])[B])B([B])[B]. The molecular weight excluding hydrogens is 196 g/mol. The van der Waals surface area contributed by atoms with Crippen LogP contribution in [0.4, 0.5) is 0 Å². The summed E-state index contributed by atoms with van der Waals surface area (Å²) < 4.78 is 0. The van der Waals surface area contributed by atoms with Gasteiger partial charge >= 0.3 is 0 Å². The molecule has 0 bridgehead atoms. The topological polar surface area (TPSA) is 0 Å². The van der Waals surface area contributed by atoms with Gasteiger partial charge in [0.1, 0.15) is 0 Å². The maximum atomic E-state index is 5.72. The highest BCUT2D eigenvalue weighted by molar-refractivity contribution is 7.90. The number of hydrogen-bond acceptors (Lipinski definition) is 0. The van der Waals surface area contributed by atoms with E-state index in [1.165, 1.54) is 0 Å². The Bertz CT molecular complexity index is 180. The van der Waals surface area contributed by atoms with Crippen molar-refractivity contribution in [3.63, 3.8) is 0 Å². The highest BCUT2D eigenvalue weighted by atomic mass is 13.6. The van der Waals surface area contributed by atoms with Crippen LogP contribution in [0.5, 0.6) is 0 Å². The van der Waals surface area contributed by atoms with Crippen molar-refractivity contribution in [2.75, 3.05) is 0 Å². The molecule has 0 aromatic rings. The standard InChI is InChI=1S/CHB17/c2-12(3)1(13(15(4)5)16(6)7)14(17(8)9)18(10)11/h1H. The molecule has 0 amide bonds. The van der Waals surface area contributed by atoms with Crippen LogP contribution in [-0.4, -0.2) is 122 Å². The normalized spacial score (nSPS) is 9.61. The van der Waals surface area contributed by atoms with E-state index in [4.69, 9.17) is 77.4 Å². The highest BCUT2D eigenvalue weighted by Gasteiger charge is 2.40. The van der Waals surface area contributed by atoms with Crippen LogP contribution in [0.1, 0.15) is 0 Å². The van der Waals surface area contributed by atoms with E-state index in [1.54, 1.807) is 0 Å². The van der Waals surface area contributed by atoms with Gasteiger partial charge in [0.25, 0.3) is 0 Å². The van der Waals surface area contributed by atoms with Crippen molar-refractivity contribution in [1.82, 2.24) is 0 Å². The first kappa shape index (κ1) is 19.1. The second-order valence-corrected chi connectivity index (χ2v) is 4.62. The minimum Gasteiger partial charge on any atom is -0.146 e. The molecule has 0 aliphatic carbocycles. The molecule has 0 aliphatic heterocycles. The van der Waals surface area contributed by atoms with Gasteiger partial charge in [-0.15, -0.1) is 5.62 Å². The molecule has 0 atom stereocenters. The van der Waals surface area contributed by atoms with Gasteiger partial charge in [0, 0.05) is 122 Å². The monoisotopic (exact) mass is 200 g/mol. The maximum Gasteiger partial charge on any atom is 0.0295 e. The van der Waals surface area contributed by atoms with Gasteiger partial charge < -0.3 is 0 Å². The Balaban J connectivity index is 5.37. The molecule has 0 spiro atoms. The Hall–Kier alpha value is 1.10. The van der Waals surface area contributed by atoms with Crippen LogP contribution in [0.15, 0.2) is 0 Å². The molecule has 0 unspecified atom stereocenters. The molecule has 20 radical (unpaired) electrons. The van der Waals surface area contributed by atoms with Crippen LogP contribution >= 0.6 is 0 Å². The molecule has 0 fully saturated rings.